The minimum atomic E-state index is -0.532. The standard InChI is InChI=1S/C22H25ClFN3O2/c1-26(14-16-6-3-2-4-7-16)11-5-10-25-22(29)17-12-21(28)27(15-17)18-8-9-20(24)19(23)13-18/h2-4,6-9,13,17H,5,10-12,14-15H2,1H3,(H,25,29)/p+1. The smallest absolute Gasteiger partial charge is 0.227 e. The predicted molar refractivity (Wildman–Crippen MR) is 111 cm³/mol. The molecule has 1 heterocycles. The van der Waals surface area contributed by atoms with Gasteiger partial charge in [-0.2, -0.15) is 0 Å². The lowest BCUT2D eigenvalue weighted by Crippen LogP contribution is -3.07. The molecule has 3 rings (SSSR count). The van der Waals surface area contributed by atoms with Crippen LogP contribution in [0.3, 0.4) is 0 Å². The second-order valence-corrected chi connectivity index (χ2v) is 7.93. The molecule has 2 amide bonds. The molecule has 1 aliphatic heterocycles. The first-order chi connectivity index (χ1) is 13.9. The van der Waals surface area contributed by atoms with Crippen molar-refractivity contribution in [3.05, 3.63) is 64.9 Å². The molecular weight excluding hydrogens is 393 g/mol. The van der Waals surface area contributed by atoms with Gasteiger partial charge in [-0.05, 0) is 18.2 Å². The fraction of sp³-hybridized carbons (Fsp3) is 0.364. The van der Waals surface area contributed by atoms with E-state index < -0.39 is 11.7 Å². The van der Waals surface area contributed by atoms with E-state index in [2.05, 4.69) is 24.5 Å². The van der Waals surface area contributed by atoms with Gasteiger partial charge in [-0.1, -0.05) is 41.9 Å². The molecule has 0 aliphatic carbocycles. The lowest BCUT2D eigenvalue weighted by molar-refractivity contribution is -0.893. The molecule has 2 N–H and O–H groups in total. The van der Waals surface area contributed by atoms with Gasteiger partial charge >= 0.3 is 0 Å². The zero-order valence-corrected chi connectivity index (χ0v) is 17.2. The number of carbonyl (C=O) groups excluding carboxylic acids is 2. The van der Waals surface area contributed by atoms with Crippen molar-refractivity contribution in [1.82, 2.24) is 5.32 Å². The van der Waals surface area contributed by atoms with E-state index in [-0.39, 0.29) is 29.8 Å². The van der Waals surface area contributed by atoms with Gasteiger partial charge in [-0.15, -0.1) is 0 Å². The zero-order valence-electron chi connectivity index (χ0n) is 16.5. The summed E-state index contributed by atoms with van der Waals surface area (Å²) < 4.78 is 13.3. The number of hydrogen-bond acceptors (Lipinski definition) is 2. The number of amides is 2. The molecule has 0 saturated carbocycles. The molecule has 2 aromatic carbocycles. The van der Waals surface area contributed by atoms with Gasteiger partial charge in [0.25, 0.3) is 0 Å². The van der Waals surface area contributed by atoms with Gasteiger partial charge in [0.1, 0.15) is 12.4 Å². The third kappa shape index (κ3) is 5.78. The van der Waals surface area contributed by atoms with Crippen LogP contribution in [0.15, 0.2) is 48.5 Å². The number of nitrogens with zero attached hydrogens (tertiary/aromatic N) is 1. The van der Waals surface area contributed by atoms with Crippen LogP contribution < -0.4 is 15.1 Å². The van der Waals surface area contributed by atoms with Crippen LogP contribution >= 0.6 is 11.6 Å². The van der Waals surface area contributed by atoms with Crippen LogP contribution in [0.1, 0.15) is 18.4 Å². The Morgan fingerprint density at radius 2 is 2.03 bits per heavy atom. The summed E-state index contributed by atoms with van der Waals surface area (Å²) in [6.45, 7) is 2.75. The first-order valence-corrected chi connectivity index (χ1v) is 10.2. The molecule has 2 atom stereocenters. The fourth-order valence-electron chi connectivity index (χ4n) is 3.56. The van der Waals surface area contributed by atoms with Crippen molar-refractivity contribution >= 4 is 29.1 Å². The maximum Gasteiger partial charge on any atom is 0.227 e. The highest BCUT2D eigenvalue weighted by molar-refractivity contribution is 6.31. The lowest BCUT2D eigenvalue weighted by atomic mass is 10.1. The molecule has 5 nitrogen and oxygen atoms in total. The van der Waals surface area contributed by atoms with Crippen molar-refractivity contribution in [3.63, 3.8) is 0 Å². The van der Waals surface area contributed by atoms with Crippen LogP contribution in [-0.2, 0) is 16.1 Å². The first-order valence-electron chi connectivity index (χ1n) is 9.82. The van der Waals surface area contributed by atoms with Gasteiger partial charge in [-0.25, -0.2) is 4.39 Å². The molecule has 2 unspecified atom stereocenters. The van der Waals surface area contributed by atoms with Crippen LogP contribution in [0.25, 0.3) is 0 Å². The van der Waals surface area contributed by atoms with Crippen molar-refractivity contribution in [1.29, 1.82) is 0 Å². The molecule has 29 heavy (non-hydrogen) atoms. The van der Waals surface area contributed by atoms with Gasteiger partial charge in [-0.3, -0.25) is 9.59 Å². The molecule has 7 heteroatoms. The molecular formula is C22H26ClFN3O2+. The predicted octanol–water partition coefficient (Wildman–Crippen LogP) is 2.05. The highest BCUT2D eigenvalue weighted by atomic mass is 35.5. The zero-order chi connectivity index (χ0) is 20.8. The van der Waals surface area contributed by atoms with Gasteiger partial charge in [0, 0.05) is 37.2 Å². The quantitative estimate of drug-likeness (QED) is 0.645. The lowest BCUT2D eigenvalue weighted by Gasteiger charge is -2.17. The Kier molecular flexibility index (Phi) is 7.23. The van der Waals surface area contributed by atoms with Crippen LogP contribution in [0.4, 0.5) is 10.1 Å². The van der Waals surface area contributed by atoms with E-state index in [9.17, 15) is 14.0 Å². The Bertz CT molecular complexity index is 862. The second kappa shape index (κ2) is 9.85. The average molecular weight is 419 g/mol. The van der Waals surface area contributed by atoms with Gasteiger partial charge in [0.05, 0.1) is 24.5 Å². The summed E-state index contributed by atoms with van der Waals surface area (Å²) in [7, 11) is 2.14. The Morgan fingerprint density at radius 1 is 1.28 bits per heavy atom. The Hall–Kier alpha value is -2.44. The fourth-order valence-corrected chi connectivity index (χ4v) is 3.74. The van der Waals surface area contributed by atoms with E-state index in [1.54, 1.807) is 0 Å². The second-order valence-electron chi connectivity index (χ2n) is 7.52. The summed E-state index contributed by atoms with van der Waals surface area (Å²) >= 11 is 5.81. The topological polar surface area (TPSA) is 53.9 Å². The maximum absolute atomic E-state index is 13.3. The normalized spacial score (nSPS) is 17.4. The summed E-state index contributed by atoms with van der Waals surface area (Å²) in [6.07, 6.45) is 1.02. The third-order valence-electron chi connectivity index (χ3n) is 5.14. The number of benzene rings is 2. The van der Waals surface area contributed by atoms with Crippen LogP contribution in [0, 0.1) is 11.7 Å². The van der Waals surface area contributed by atoms with E-state index in [1.165, 1.54) is 33.6 Å². The monoisotopic (exact) mass is 418 g/mol. The van der Waals surface area contributed by atoms with E-state index in [4.69, 9.17) is 11.6 Å². The average Bonchev–Trinajstić information content (AvgIpc) is 3.10. The number of rotatable bonds is 8. The molecule has 2 aromatic rings. The van der Waals surface area contributed by atoms with E-state index in [0.717, 1.165) is 19.5 Å². The van der Waals surface area contributed by atoms with Gasteiger partial charge < -0.3 is 15.1 Å². The summed E-state index contributed by atoms with van der Waals surface area (Å²) in [5.74, 6) is -1.20. The van der Waals surface area contributed by atoms with Crippen molar-refractivity contribution in [2.24, 2.45) is 5.92 Å². The van der Waals surface area contributed by atoms with E-state index >= 15 is 0 Å². The number of carbonyl (C=O) groups is 2. The Balaban J connectivity index is 1.42. The van der Waals surface area contributed by atoms with Crippen molar-refractivity contribution in [3.8, 4) is 0 Å². The highest BCUT2D eigenvalue weighted by Gasteiger charge is 2.35. The maximum atomic E-state index is 13.3. The highest BCUT2D eigenvalue weighted by Crippen LogP contribution is 2.28. The van der Waals surface area contributed by atoms with Crippen molar-refractivity contribution < 1.29 is 18.9 Å². The molecule has 154 valence electrons. The number of halogens is 2. The molecule has 1 aliphatic rings. The molecule has 0 aromatic heterocycles. The minimum absolute atomic E-state index is 0.0367. The number of hydrogen-bond donors (Lipinski definition) is 2. The molecule has 0 radical (unpaired) electrons. The molecule has 0 bridgehead atoms. The molecule has 1 fully saturated rings. The minimum Gasteiger partial charge on any atom is -0.356 e. The van der Waals surface area contributed by atoms with Gasteiger partial charge in [0.2, 0.25) is 11.8 Å². The van der Waals surface area contributed by atoms with Crippen molar-refractivity contribution in [2.45, 2.75) is 19.4 Å². The van der Waals surface area contributed by atoms with E-state index in [0.29, 0.717) is 12.2 Å². The summed E-state index contributed by atoms with van der Waals surface area (Å²) in [6, 6.07) is 14.5. The van der Waals surface area contributed by atoms with Gasteiger partial charge in [0.15, 0.2) is 0 Å². The SMILES string of the molecule is C[NH+](CCCNC(=O)C1CC(=O)N(c2ccc(F)c(Cl)c2)C1)Cc1ccccc1. The Morgan fingerprint density at radius 3 is 2.76 bits per heavy atom. The van der Waals surface area contributed by atoms with Crippen LogP contribution in [-0.4, -0.2) is 38.5 Å². The summed E-state index contributed by atoms with van der Waals surface area (Å²) in [5.41, 5.74) is 1.81. The number of quaternary nitrogens is 1. The van der Waals surface area contributed by atoms with Crippen LogP contribution in [0.5, 0.6) is 0 Å². The molecule has 1 saturated heterocycles. The summed E-state index contributed by atoms with van der Waals surface area (Å²) in [4.78, 5) is 27.6. The van der Waals surface area contributed by atoms with E-state index in [1.807, 2.05) is 18.2 Å². The van der Waals surface area contributed by atoms with Crippen molar-refractivity contribution in [2.75, 3.05) is 31.6 Å². The first kappa shape index (κ1) is 21.3. The summed E-state index contributed by atoms with van der Waals surface area (Å²) in [5, 5.41) is 2.90. The Labute approximate surface area is 175 Å². The number of anilines is 1. The number of nitrogens with one attached hydrogen (secondary N) is 2. The largest absolute Gasteiger partial charge is 0.356 e. The van der Waals surface area contributed by atoms with Crippen LogP contribution in [0.2, 0.25) is 5.02 Å². The molecule has 0 spiro atoms. The third-order valence-corrected chi connectivity index (χ3v) is 5.43.